The fourth-order valence-corrected chi connectivity index (χ4v) is 2.07. The lowest BCUT2D eigenvalue weighted by atomic mass is 10.1. The Hall–Kier alpha value is -2.41. The Bertz CT molecular complexity index is 579. The Morgan fingerprint density at radius 2 is 1.95 bits per heavy atom. The van der Waals surface area contributed by atoms with Crippen molar-refractivity contribution in [3.63, 3.8) is 0 Å². The number of hydrogen-bond donors (Lipinski definition) is 1. The quantitative estimate of drug-likeness (QED) is 0.821. The van der Waals surface area contributed by atoms with Gasteiger partial charge < -0.3 is 19.3 Å². The predicted octanol–water partition coefficient (Wildman–Crippen LogP) is 1.42. The zero-order chi connectivity index (χ0) is 16.3. The van der Waals surface area contributed by atoms with Gasteiger partial charge in [0.05, 0.1) is 6.42 Å². The summed E-state index contributed by atoms with van der Waals surface area (Å²) in [5.41, 5.74) is 0.332. The van der Waals surface area contributed by atoms with Crippen LogP contribution in [0.5, 0.6) is 0 Å². The van der Waals surface area contributed by atoms with Crippen LogP contribution in [-0.4, -0.2) is 34.9 Å². The van der Waals surface area contributed by atoms with Crippen LogP contribution in [0.1, 0.15) is 31.9 Å². The van der Waals surface area contributed by atoms with E-state index in [0.29, 0.717) is 5.56 Å². The van der Waals surface area contributed by atoms with Gasteiger partial charge in [0.25, 0.3) is 0 Å². The van der Waals surface area contributed by atoms with E-state index >= 15 is 0 Å². The summed E-state index contributed by atoms with van der Waals surface area (Å²) in [6.45, 7) is 3.08. The lowest BCUT2D eigenvalue weighted by Gasteiger charge is -2.16. The maximum atomic E-state index is 11.9. The summed E-state index contributed by atoms with van der Waals surface area (Å²) < 4.78 is 15.1. The lowest BCUT2D eigenvalue weighted by Crippen LogP contribution is -2.26. The highest BCUT2D eigenvalue weighted by molar-refractivity contribution is 5.85. The average Bonchev–Trinajstić information content (AvgIpc) is 2.69. The highest BCUT2D eigenvalue weighted by Gasteiger charge is 2.42. The van der Waals surface area contributed by atoms with Crippen molar-refractivity contribution in [3.8, 4) is 0 Å². The molecule has 1 heterocycles. The molecule has 1 aromatic rings. The summed E-state index contributed by atoms with van der Waals surface area (Å²) in [5, 5.41) is 9.17. The molecule has 1 unspecified atom stereocenters. The number of carbonyl (C=O) groups excluding carboxylic acids is 2. The normalized spacial score (nSPS) is 21.0. The van der Waals surface area contributed by atoms with Gasteiger partial charge in [-0.25, -0.2) is 9.59 Å². The molecule has 1 N–H and O–H groups in total. The van der Waals surface area contributed by atoms with E-state index in [4.69, 9.17) is 14.2 Å². The van der Waals surface area contributed by atoms with Crippen molar-refractivity contribution in [2.75, 3.05) is 0 Å². The molecule has 0 spiro atoms. The number of carboxylic acid groups (broad SMARTS) is 1. The van der Waals surface area contributed by atoms with Crippen LogP contribution in [0, 0.1) is 0 Å². The molecule has 1 saturated heterocycles. The summed E-state index contributed by atoms with van der Waals surface area (Å²) in [6, 6.07) is 8.07. The third-order valence-corrected chi connectivity index (χ3v) is 2.96. The summed E-state index contributed by atoms with van der Waals surface area (Å²) in [6.07, 6.45) is -2.93. The third-order valence-electron chi connectivity index (χ3n) is 2.96. The molecule has 0 aromatic heterocycles. The minimum absolute atomic E-state index is 0.332. The first-order chi connectivity index (χ1) is 10.3. The SMILES string of the molecule is CC1(C)OC(=O)[C@H](CC(=O)OC(C(=O)O)c2ccccc2)O1. The summed E-state index contributed by atoms with van der Waals surface area (Å²) in [5.74, 6) is -3.92. The van der Waals surface area contributed by atoms with Gasteiger partial charge in [0, 0.05) is 19.4 Å². The number of benzene rings is 1. The number of ether oxygens (including phenoxy) is 3. The van der Waals surface area contributed by atoms with Gasteiger partial charge >= 0.3 is 17.9 Å². The van der Waals surface area contributed by atoms with Gasteiger partial charge in [0.15, 0.2) is 6.10 Å². The van der Waals surface area contributed by atoms with E-state index in [1.54, 1.807) is 32.0 Å². The number of esters is 2. The van der Waals surface area contributed by atoms with Gasteiger partial charge in [-0.15, -0.1) is 0 Å². The average molecular weight is 308 g/mol. The highest BCUT2D eigenvalue weighted by atomic mass is 16.8. The number of cyclic esters (lactones) is 1. The Labute approximate surface area is 126 Å². The van der Waals surface area contributed by atoms with Crippen LogP contribution in [0.25, 0.3) is 0 Å². The largest absolute Gasteiger partial charge is 0.478 e. The van der Waals surface area contributed by atoms with Gasteiger partial charge in [-0.3, -0.25) is 4.79 Å². The molecule has 2 rings (SSSR count). The van der Waals surface area contributed by atoms with Crippen LogP contribution in [0.15, 0.2) is 30.3 Å². The second kappa shape index (κ2) is 6.15. The molecule has 1 aliphatic rings. The molecular formula is C15H16O7. The van der Waals surface area contributed by atoms with Crippen molar-refractivity contribution in [3.05, 3.63) is 35.9 Å². The number of rotatable bonds is 5. The monoisotopic (exact) mass is 308 g/mol. The van der Waals surface area contributed by atoms with E-state index in [2.05, 4.69) is 0 Å². The maximum Gasteiger partial charge on any atom is 0.349 e. The Balaban J connectivity index is 2.01. The molecule has 2 atom stereocenters. The number of carboxylic acids is 1. The van der Waals surface area contributed by atoms with Crippen LogP contribution in [0.2, 0.25) is 0 Å². The first kappa shape index (κ1) is 16.0. The van der Waals surface area contributed by atoms with E-state index in [0.717, 1.165) is 0 Å². The first-order valence-corrected chi connectivity index (χ1v) is 6.66. The number of aliphatic carboxylic acids is 1. The van der Waals surface area contributed by atoms with Crippen LogP contribution in [-0.2, 0) is 28.6 Å². The molecule has 0 saturated carbocycles. The number of carbonyl (C=O) groups is 3. The van der Waals surface area contributed by atoms with Crippen molar-refractivity contribution in [2.45, 2.75) is 38.3 Å². The van der Waals surface area contributed by atoms with Gasteiger partial charge in [0.2, 0.25) is 11.9 Å². The Kier molecular flexibility index (Phi) is 4.46. The second-order valence-corrected chi connectivity index (χ2v) is 5.25. The van der Waals surface area contributed by atoms with Crippen molar-refractivity contribution in [1.82, 2.24) is 0 Å². The van der Waals surface area contributed by atoms with Crippen LogP contribution in [0.4, 0.5) is 0 Å². The maximum absolute atomic E-state index is 11.9. The fraction of sp³-hybridized carbons (Fsp3) is 0.400. The van der Waals surface area contributed by atoms with Crippen LogP contribution in [0.3, 0.4) is 0 Å². The van der Waals surface area contributed by atoms with Crippen molar-refractivity contribution >= 4 is 17.9 Å². The Morgan fingerprint density at radius 3 is 2.45 bits per heavy atom. The van der Waals surface area contributed by atoms with Crippen molar-refractivity contribution in [1.29, 1.82) is 0 Å². The van der Waals surface area contributed by atoms with Gasteiger partial charge in [-0.2, -0.15) is 0 Å². The van der Waals surface area contributed by atoms with E-state index in [-0.39, 0.29) is 0 Å². The molecule has 1 aromatic carbocycles. The molecule has 0 radical (unpaired) electrons. The van der Waals surface area contributed by atoms with Gasteiger partial charge in [0.1, 0.15) is 0 Å². The smallest absolute Gasteiger partial charge is 0.349 e. The highest BCUT2D eigenvalue weighted by Crippen LogP contribution is 2.26. The Morgan fingerprint density at radius 1 is 1.32 bits per heavy atom. The van der Waals surface area contributed by atoms with E-state index in [1.807, 2.05) is 0 Å². The summed E-state index contributed by atoms with van der Waals surface area (Å²) in [7, 11) is 0. The molecule has 0 bridgehead atoms. The molecular weight excluding hydrogens is 292 g/mol. The summed E-state index contributed by atoms with van der Waals surface area (Å²) >= 11 is 0. The first-order valence-electron chi connectivity index (χ1n) is 6.66. The zero-order valence-electron chi connectivity index (χ0n) is 12.1. The molecule has 0 aliphatic carbocycles. The van der Waals surface area contributed by atoms with Crippen molar-refractivity contribution < 1.29 is 33.7 Å². The van der Waals surface area contributed by atoms with Gasteiger partial charge in [-0.05, 0) is 0 Å². The summed E-state index contributed by atoms with van der Waals surface area (Å²) in [4.78, 5) is 34.7. The molecule has 22 heavy (non-hydrogen) atoms. The lowest BCUT2D eigenvalue weighted by molar-refractivity contribution is -0.169. The second-order valence-electron chi connectivity index (χ2n) is 5.25. The predicted molar refractivity (Wildman–Crippen MR) is 72.6 cm³/mol. The fourth-order valence-electron chi connectivity index (χ4n) is 2.07. The molecule has 118 valence electrons. The van der Waals surface area contributed by atoms with Crippen molar-refractivity contribution in [2.24, 2.45) is 0 Å². The minimum atomic E-state index is -1.43. The third kappa shape index (κ3) is 3.82. The minimum Gasteiger partial charge on any atom is -0.478 e. The number of hydrogen-bond acceptors (Lipinski definition) is 6. The standard InChI is InChI=1S/C15H16O7/c1-15(2)21-10(14(19)22-15)8-11(16)20-12(13(17)18)9-6-4-3-5-7-9/h3-7,10,12H,8H2,1-2H3,(H,17,18)/t10-,12?/m0/s1. The van der Waals surface area contributed by atoms with E-state index < -0.39 is 42.3 Å². The molecule has 0 amide bonds. The zero-order valence-corrected chi connectivity index (χ0v) is 12.1. The molecule has 1 fully saturated rings. The molecule has 1 aliphatic heterocycles. The van der Waals surface area contributed by atoms with Crippen LogP contribution < -0.4 is 0 Å². The van der Waals surface area contributed by atoms with Crippen LogP contribution >= 0.6 is 0 Å². The van der Waals surface area contributed by atoms with E-state index in [9.17, 15) is 19.5 Å². The molecule has 7 nitrogen and oxygen atoms in total. The topological polar surface area (TPSA) is 99.1 Å². The van der Waals surface area contributed by atoms with Gasteiger partial charge in [-0.1, -0.05) is 30.3 Å². The molecule has 7 heteroatoms. The van der Waals surface area contributed by atoms with E-state index in [1.165, 1.54) is 12.1 Å².